The van der Waals surface area contributed by atoms with Crippen LogP contribution in [0.2, 0.25) is 0 Å². The smallest absolute Gasteiger partial charge is 0.312 e. The molecule has 7 heteroatoms. The number of hydrogen-bond donors (Lipinski definition) is 3. The zero-order valence-corrected chi connectivity index (χ0v) is 12.2. The van der Waals surface area contributed by atoms with Crippen LogP contribution < -0.4 is 16.4 Å². The van der Waals surface area contributed by atoms with Gasteiger partial charge in [-0.2, -0.15) is 11.8 Å². The van der Waals surface area contributed by atoms with E-state index in [0.717, 1.165) is 5.56 Å². The normalized spacial score (nSPS) is 11.8. The predicted octanol–water partition coefficient (Wildman–Crippen LogP) is 1.86. The number of carbonyl (C=O) groups is 2. The molecule has 1 aromatic carbocycles. The first-order chi connectivity index (χ1) is 9.43. The Bertz CT molecular complexity index is 497. The standard InChI is InChI=1S/C13H18FN3O2S/c1-8-3-4-9(14)11(7-8)16-12(18)10(5-6-20-2)17-13(15)19/h3-4,7,10H,5-6H2,1-2H3,(H,16,18)(H3,15,17,19). The zero-order chi connectivity index (χ0) is 15.1. The summed E-state index contributed by atoms with van der Waals surface area (Å²) in [5, 5.41) is 4.83. The van der Waals surface area contributed by atoms with Crippen LogP contribution in [0.4, 0.5) is 14.9 Å². The monoisotopic (exact) mass is 299 g/mol. The summed E-state index contributed by atoms with van der Waals surface area (Å²) in [6, 6.07) is 2.86. The minimum atomic E-state index is -0.782. The van der Waals surface area contributed by atoms with Crippen LogP contribution in [0.5, 0.6) is 0 Å². The molecule has 0 aliphatic rings. The number of carbonyl (C=O) groups excluding carboxylic acids is 2. The number of halogens is 1. The molecular formula is C13H18FN3O2S. The highest BCUT2D eigenvalue weighted by atomic mass is 32.2. The molecule has 5 nitrogen and oxygen atoms in total. The first-order valence-corrected chi connectivity index (χ1v) is 7.45. The molecule has 1 unspecified atom stereocenters. The summed E-state index contributed by atoms with van der Waals surface area (Å²) in [6.45, 7) is 1.79. The van der Waals surface area contributed by atoms with Gasteiger partial charge in [-0.15, -0.1) is 0 Å². The maximum Gasteiger partial charge on any atom is 0.312 e. The van der Waals surface area contributed by atoms with Crippen molar-refractivity contribution in [3.63, 3.8) is 0 Å². The van der Waals surface area contributed by atoms with Crippen molar-refractivity contribution < 1.29 is 14.0 Å². The Kier molecular flexibility index (Phi) is 6.30. The van der Waals surface area contributed by atoms with Crippen LogP contribution in [0.25, 0.3) is 0 Å². The van der Waals surface area contributed by atoms with Gasteiger partial charge >= 0.3 is 6.03 Å². The van der Waals surface area contributed by atoms with Crippen LogP contribution in [-0.2, 0) is 4.79 Å². The van der Waals surface area contributed by atoms with Gasteiger partial charge in [-0.05, 0) is 43.0 Å². The second-order valence-electron chi connectivity index (χ2n) is 4.32. The van der Waals surface area contributed by atoms with E-state index in [-0.39, 0.29) is 5.69 Å². The van der Waals surface area contributed by atoms with Gasteiger partial charge in [0, 0.05) is 0 Å². The molecule has 3 amide bonds. The Morgan fingerprint density at radius 3 is 2.75 bits per heavy atom. The van der Waals surface area contributed by atoms with E-state index in [2.05, 4.69) is 10.6 Å². The van der Waals surface area contributed by atoms with Crippen molar-refractivity contribution in [2.75, 3.05) is 17.3 Å². The molecule has 0 saturated heterocycles. The van der Waals surface area contributed by atoms with E-state index in [1.807, 2.05) is 6.26 Å². The number of nitrogens with one attached hydrogen (secondary N) is 2. The fraction of sp³-hybridized carbons (Fsp3) is 0.385. The number of thioether (sulfide) groups is 1. The van der Waals surface area contributed by atoms with Gasteiger partial charge in [-0.3, -0.25) is 4.79 Å². The number of amides is 3. The molecule has 0 aliphatic heterocycles. The van der Waals surface area contributed by atoms with Crippen LogP contribution in [0.15, 0.2) is 18.2 Å². The van der Waals surface area contributed by atoms with E-state index >= 15 is 0 Å². The van der Waals surface area contributed by atoms with Gasteiger partial charge in [0.1, 0.15) is 11.9 Å². The first-order valence-electron chi connectivity index (χ1n) is 6.06. The summed E-state index contributed by atoms with van der Waals surface area (Å²) < 4.78 is 13.6. The molecule has 0 bridgehead atoms. The van der Waals surface area contributed by atoms with Crippen LogP contribution in [0.3, 0.4) is 0 Å². The lowest BCUT2D eigenvalue weighted by atomic mass is 10.1. The second kappa shape index (κ2) is 7.74. The molecule has 0 spiro atoms. The molecule has 1 rings (SSSR count). The Hall–Kier alpha value is -1.76. The highest BCUT2D eigenvalue weighted by molar-refractivity contribution is 7.98. The number of aryl methyl sites for hydroxylation is 1. The molecule has 1 atom stereocenters. The fourth-order valence-corrected chi connectivity index (χ4v) is 2.10. The molecular weight excluding hydrogens is 281 g/mol. The Morgan fingerprint density at radius 2 is 2.15 bits per heavy atom. The SMILES string of the molecule is CSCCC(NC(N)=O)C(=O)Nc1cc(C)ccc1F. The summed E-state index contributed by atoms with van der Waals surface area (Å²) in [5.74, 6) is -0.330. The lowest BCUT2D eigenvalue weighted by Crippen LogP contribution is -2.46. The molecule has 110 valence electrons. The van der Waals surface area contributed by atoms with Gasteiger partial charge in [0.2, 0.25) is 5.91 Å². The summed E-state index contributed by atoms with van der Waals surface area (Å²) in [4.78, 5) is 23.0. The van der Waals surface area contributed by atoms with Gasteiger partial charge in [-0.1, -0.05) is 6.07 Å². The van der Waals surface area contributed by atoms with Gasteiger partial charge in [-0.25, -0.2) is 9.18 Å². The molecule has 0 fully saturated rings. The Balaban J connectivity index is 2.78. The third-order valence-corrected chi connectivity index (χ3v) is 3.27. The van der Waals surface area contributed by atoms with Crippen LogP contribution in [0.1, 0.15) is 12.0 Å². The van der Waals surface area contributed by atoms with E-state index in [1.54, 1.807) is 24.8 Å². The van der Waals surface area contributed by atoms with Crippen molar-refractivity contribution in [2.45, 2.75) is 19.4 Å². The summed E-state index contributed by atoms with van der Waals surface area (Å²) >= 11 is 1.54. The van der Waals surface area contributed by atoms with Crippen molar-refractivity contribution in [3.8, 4) is 0 Å². The zero-order valence-electron chi connectivity index (χ0n) is 11.4. The third kappa shape index (κ3) is 5.08. The number of nitrogens with two attached hydrogens (primary N) is 1. The lowest BCUT2D eigenvalue weighted by molar-refractivity contribution is -0.118. The van der Waals surface area contributed by atoms with Crippen molar-refractivity contribution in [1.82, 2.24) is 5.32 Å². The molecule has 0 aliphatic carbocycles. The molecule has 0 radical (unpaired) electrons. The van der Waals surface area contributed by atoms with Crippen molar-refractivity contribution >= 4 is 29.4 Å². The maximum absolute atomic E-state index is 13.6. The molecule has 0 saturated carbocycles. The topological polar surface area (TPSA) is 84.2 Å². The Morgan fingerprint density at radius 1 is 1.45 bits per heavy atom. The number of primary amides is 1. The quantitative estimate of drug-likeness (QED) is 0.749. The summed E-state index contributed by atoms with van der Waals surface area (Å²) in [6.07, 6.45) is 2.31. The van der Waals surface area contributed by atoms with E-state index in [1.165, 1.54) is 12.1 Å². The lowest BCUT2D eigenvalue weighted by Gasteiger charge is -2.17. The summed E-state index contributed by atoms with van der Waals surface area (Å²) in [7, 11) is 0. The van der Waals surface area contributed by atoms with Crippen molar-refractivity contribution in [3.05, 3.63) is 29.6 Å². The molecule has 1 aromatic rings. The minimum Gasteiger partial charge on any atom is -0.352 e. The van der Waals surface area contributed by atoms with Crippen LogP contribution >= 0.6 is 11.8 Å². The highest BCUT2D eigenvalue weighted by Gasteiger charge is 2.20. The maximum atomic E-state index is 13.6. The number of hydrogen-bond acceptors (Lipinski definition) is 3. The predicted molar refractivity (Wildman–Crippen MR) is 79.3 cm³/mol. The average Bonchev–Trinajstić information content (AvgIpc) is 2.38. The van der Waals surface area contributed by atoms with Gasteiger partial charge in [0.15, 0.2) is 0 Å². The van der Waals surface area contributed by atoms with Crippen LogP contribution in [0, 0.1) is 12.7 Å². The second-order valence-corrected chi connectivity index (χ2v) is 5.30. The summed E-state index contributed by atoms with van der Waals surface area (Å²) in [5.41, 5.74) is 5.96. The van der Waals surface area contributed by atoms with Gasteiger partial charge in [0.25, 0.3) is 0 Å². The minimum absolute atomic E-state index is 0.0930. The number of urea groups is 1. The average molecular weight is 299 g/mol. The molecule has 20 heavy (non-hydrogen) atoms. The van der Waals surface area contributed by atoms with E-state index in [9.17, 15) is 14.0 Å². The van der Waals surface area contributed by atoms with E-state index in [4.69, 9.17) is 5.73 Å². The number of rotatable bonds is 6. The number of anilines is 1. The molecule has 0 heterocycles. The highest BCUT2D eigenvalue weighted by Crippen LogP contribution is 2.16. The van der Waals surface area contributed by atoms with Crippen molar-refractivity contribution in [2.24, 2.45) is 5.73 Å². The first kappa shape index (κ1) is 16.3. The van der Waals surface area contributed by atoms with E-state index < -0.39 is 23.8 Å². The third-order valence-electron chi connectivity index (χ3n) is 2.62. The van der Waals surface area contributed by atoms with Gasteiger partial charge < -0.3 is 16.4 Å². The van der Waals surface area contributed by atoms with Crippen molar-refractivity contribution in [1.29, 1.82) is 0 Å². The fourth-order valence-electron chi connectivity index (χ4n) is 1.63. The van der Waals surface area contributed by atoms with Gasteiger partial charge in [0.05, 0.1) is 5.69 Å². The largest absolute Gasteiger partial charge is 0.352 e. The Labute approximate surface area is 121 Å². The van der Waals surface area contributed by atoms with E-state index in [0.29, 0.717) is 12.2 Å². The molecule has 0 aromatic heterocycles. The van der Waals surface area contributed by atoms with Crippen LogP contribution in [-0.4, -0.2) is 30.0 Å². The number of benzene rings is 1. The molecule has 4 N–H and O–H groups in total.